The fourth-order valence-electron chi connectivity index (χ4n) is 3.50. The molecule has 0 N–H and O–H groups in total. The first-order valence-corrected chi connectivity index (χ1v) is 12.2. The number of unbranched alkanes of at least 4 members (excludes halogenated alkanes) is 1. The molecule has 1 amide bonds. The van der Waals surface area contributed by atoms with Crippen LogP contribution in [0.15, 0.2) is 18.2 Å². The Kier molecular flexibility index (Phi) is 6.91. The molecular formula is C20H24Cl2N2O4S. The number of pyridine rings is 1. The van der Waals surface area contributed by atoms with Crippen LogP contribution < -0.4 is 4.74 Å². The van der Waals surface area contributed by atoms with Crippen LogP contribution in [0.5, 0.6) is 5.75 Å². The molecule has 1 unspecified atom stereocenters. The molecule has 1 aromatic heterocycles. The first-order valence-electron chi connectivity index (χ1n) is 9.60. The van der Waals surface area contributed by atoms with Gasteiger partial charge in [0.1, 0.15) is 5.52 Å². The number of nitrogens with zero attached hydrogens (tertiary/aromatic N) is 2. The van der Waals surface area contributed by atoms with Crippen molar-refractivity contribution in [1.29, 1.82) is 0 Å². The summed E-state index contributed by atoms with van der Waals surface area (Å²) in [7, 11) is -3.09. The van der Waals surface area contributed by atoms with Gasteiger partial charge in [0, 0.05) is 23.7 Å². The lowest BCUT2D eigenvalue weighted by atomic mass is 10.2. The van der Waals surface area contributed by atoms with Crippen molar-refractivity contribution in [3.05, 3.63) is 33.9 Å². The molecule has 3 rings (SSSR count). The van der Waals surface area contributed by atoms with Gasteiger partial charge in [0.2, 0.25) is 0 Å². The van der Waals surface area contributed by atoms with Crippen molar-refractivity contribution >= 4 is 49.8 Å². The number of carbonyl (C=O) groups excluding carboxylic acids is 1. The van der Waals surface area contributed by atoms with Crippen molar-refractivity contribution in [2.24, 2.45) is 0 Å². The normalized spacial score (nSPS) is 18.1. The minimum atomic E-state index is -3.09. The Balaban J connectivity index is 1.82. The number of aromatic nitrogens is 1. The van der Waals surface area contributed by atoms with E-state index in [2.05, 4.69) is 4.98 Å². The Morgan fingerprint density at radius 2 is 2.07 bits per heavy atom. The number of hydrogen-bond acceptors (Lipinski definition) is 5. The maximum Gasteiger partial charge on any atom is 0.260 e. The highest BCUT2D eigenvalue weighted by molar-refractivity contribution is 7.91. The van der Waals surface area contributed by atoms with Gasteiger partial charge in [-0.1, -0.05) is 36.5 Å². The van der Waals surface area contributed by atoms with Crippen LogP contribution in [-0.2, 0) is 14.6 Å². The SMILES string of the molecule is CCCCN(C(=O)COc1c(Cl)cc(Cl)c2ccc(C)nc12)C1CCS(=O)(=O)C1. The third-order valence-electron chi connectivity index (χ3n) is 5.04. The van der Waals surface area contributed by atoms with E-state index in [0.29, 0.717) is 34.6 Å². The molecule has 1 aliphatic heterocycles. The van der Waals surface area contributed by atoms with E-state index in [0.717, 1.165) is 18.5 Å². The molecule has 1 saturated heterocycles. The summed E-state index contributed by atoms with van der Waals surface area (Å²) in [5.41, 5.74) is 1.27. The number of hydrogen-bond donors (Lipinski definition) is 0. The van der Waals surface area contributed by atoms with Crippen LogP contribution >= 0.6 is 23.2 Å². The summed E-state index contributed by atoms with van der Waals surface area (Å²) >= 11 is 12.6. The van der Waals surface area contributed by atoms with E-state index in [-0.39, 0.29) is 35.1 Å². The maximum atomic E-state index is 12.9. The second-order valence-electron chi connectivity index (χ2n) is 7.30. The molecule has 2 aromatic rings. The number of ether oxygens (including phenoxy) is 1. The van der Waals surface area contributed by atoms with Crippen molar-refractivity contribution in [3.8, 4) is 5.75 Å². The van der Waals surface area contributed by atoms with Crippen molar-refractivity contribution in [2.45, 2.75) is 39.2 Å². The molecule has 2 heterocycles. The number of rotatable bonds is 7. The van der Waals surface area contributed by atoms with Gasteiger partial charge < -0.3 is 9.64 Å². The van der Waals surface area contributed by atoms with E-state index >= 15 is 0 Å². The van der Waals surface area contributed by atoms with Crippen molar-refractivity contribution < 1.29 is 17.9 Å². The monoisotopic (exact) mass is 458 g/mol. The first kappa shape index (κ1) is 22.1. The van der Waals surface area contributed by atoms with Crippen LogP contribution in [0.4, 0.5) is 0 Å². The van der Waals surface area contributed by atoms with Gasteiger partial charge in [-0.25, -0.2) is 13.4 Å². The summed E-state index contributed by atoms with van der Waals surface area (Å²) in [6.45, 7) is 4.13. The maximum absolute atomic E-state index is 12.9. The van der Waals surface area contributed by atoms with Crippen LogP contribution in [0.3, 0.4) is 0 Å². The highest BCUT2D eigenvalue weighted by Gasteiger charge is 2.34. The van der Waals surface area contributed by atoms with Gasteiger partial charge in [-0.05, 0) is 38.0 Å². The molecule has 0 aliphatic carbocycles. The van der Waals surface area contributed by atoms with E-state index in [9.17, 15) is 13.2 Å². The molecule has 1 atom stereocenters. The topological polar surface area (TPSA) is 76.6 Å². The number of amides is 1. The van der Waals surface area contributed by atoms with Gasteiger partial charge in [0.25, 0.3) is 5.91 Å². The van der Waals surface area contributed by atoms with E-state index in [4.69, 9.17) is 27.9 Å². The predicted molar refractivity (Wildman–Crippen MR) is 116 cm³/mol. The average Bonchev–Trinajstić information content (AvgIpc) is 3.01. The molecule has 0 spiro atoms. The Hall–Kier alpha value is -1.57. The van der Waals surface area contributed by atoms with Crippen LogP contribution in [0.25, 0.3) is 10.9 Å². The number of sulfone groups is 1. The minimum absolute atomic E-state index is 0.00777. The van der Waals surface area contributed by atoms with E-state index in [1.165, 1.54) is 0 Å². The lowest BCUT2D eigenvalue weighted by Crippen LogP contribution is -2.44. The van der Waals surface area contributed by atoms with Crippen LogP contribution in [-0.4, -0.2) is 54.9 Å². The van der Waals surface area contributed by atoms with Crippen LogP contribution in [0, 0.1) is 6.92 Å². The molecule has 1 aromatic carbocycles. The Morgan fingerprint density at radius 1 is 1.31 bits per heavy atom. The summed E-state index contributed by atoms with van der Waals surface area (Å²) in [4.78, 5) is 19.0. The predicted octanol–water partition coefficient (Wildman–Crippen LogP) is 4.04. The lowest BCUT2D eigenvalue weighted by Gasteiger charge is -2.28. The average molecular weight is 459 g/mol. The fourth-order valence-corrected chi connectivity index (χ4v) is 5.81. The highest BCUT2D eigenvalue weighted by atomic mass is 35.5. The quantitative estimate of drug-likeness (QED) is 0.625. The minimum Gasteiger partial charge on any atom is -0.480 e. The molecule has 1 aliphatic rings. The standard InChI is InChI=1S/C20H24Cl2N2O4S/c1-3-4-8-24(14-7-9-29(26,27)12-14)18(25)11-28-20-17(22)10-16(21)15-6-5-13(2)23-19(15)20/h5-6,10,14H,3-4,7-9,11-12H2,1-2H3. The summed E-state index contributed by atoms with van der Waals surface area (Å²) in [5, 5.41) is 1.42. The zero-order valence-corrected chi connectivity index (χ0v) is 18.8. The zero-order valence-electron chi connectivity index (χ0n) is 16.5. The fraction of sp³-hybridized carbons (Fsp3) is 0.500. The number of fused-ring (bicyclic) bond motifs is 1. The van der Waals surface area contributed by atoms with Gasteiger partial charge in [-0.2, -0.15) is 0 Å². The van der Waals surface area contributed by atoms with Gasteiger partial charge in [0.05, 0.1) is 21.6 Å². The van der Waals surface area contributed by atoms with E-state index < -0.39 is 9.84 Å². The number of halogens is 2. The van der Waals surface area contributed by atoms with E-state index in [1.807, 2.05) is 26.0 Å². The molecule has 1 fully saturated rings. The van der Waals surface area contributed by atoms with Crippen molar-refractivity contribution in [2.75, 3.05) is 24.7 Å². The third kappa shape index (κ3) is 5.13. The molecule has 0 radical (unpaired) electrons. The van der Waals surface area contributed by atoms with E-state index in [1.54, 1.807) is 11.0 Å². The summed E-state index contributed by atoms with van der Waals surface area (Å²) in [6.07, 6.45) is 2.16. The van der Waals surface area contributed by atoms with Gasteiger partial charge >= 0.3 is 0 Å². The Labute approximate surface area is 181 Å². The molecule has 6 nitrogen and oxygen atoms in total. The number of carbonyl (C=O) groups is 1. The summed E-state index contributed by atoms with van der Waals surface area (Å²) < 4.78 is 29.5. The molecule has 158 valence electrons. The Morgan fingerprint density at radius 3 is 2.72 bits per heavy atom. The van der Waals surface area contributed by atoms with Crippen molar-refractivity contribution in [3.63, 3.8) is 0 Å². The number of benzene rings is 1. The third-order valence-corrected chi connectivity index (χ3v) is 7.38. The van der Waals surface area contributed by atoms with Gasteiger partial charge in [-0.15, -0.1) is 0 Å². The van der Waals surface area contributed by atoms with Crippen LogP contribution in [0.1, 0.15) is 31.9 Å². The van der Waals surface area contributed by atoms with Gasteiger partial charge in [-0.3, -0.25) is 4.79 Å². The molecule has 0 bridgehead atoms. The van der Waals surface area contributed by atoms with Crippen molar-refractivity contribution in [1.82, 2.24) is 9.88 Å². The Bertz CT molecular complexity index is 1030. The second-order valence-corrected chi connectivity index (χ2v) is 10.3. The summed E-state index contributed by atoms with van der Waals surface area (Å²) in [6, 6.07) is 4.94. The molecule has 9 heteroatoms. The van der Waals surface area contributed by atoms with Crippen LogP contribution in [0.2, 0.25) is 10.0 Å². The van der Waals surface area contributed by atoms with Gasteiger partial charge in [0.15, 0.2) is 22.2 Å². The molecule has 0 saturated carbocycles. The highest BCUT2D eigenvalue weighted by Crippen LogP contribution is 2.37. The summed E-state index contributed by atoms with van der Waals surface area (Å²) in [5.74, 6) is 0.170. The largest absolute Gasteiger partial charge is 0.480 e. The molecule has 29 heavy (non-hydrogen) atoms. The smallest absolute Gasteiger partial charge is 0.260 e. The molecular weight excluding hydrogens is 435 g/mol. The zero-order chi connectivity index (χ0) is 21.2. The number of aryl methyl sites for hydroxylation is 1. The first-order chi connectivity index (χ1) is 13.7. The second kappa shape index (κ2) is 9.06. The lowest BCUT2D eigenvalue weighted by molar-refractivity contribution is -0.135.